The van der Waals surface area contributed by atoms with Crippen LogP contribution in [0.1, 0.15) is 47.3 Å². The van der Waals surface area contributed by atoms with Crippen LogP contribution >= 0.6 is 0 Å². The molecule has 1 rings (SSSR count). The third-order valence-corrected chi connectivity index (χ3v) is 3.18. The number of aryl methyl sites for hydroxylation is 3. The molecular weight excluding hydrogens is 210 g/mol. The fourth-order valence-corrected chi connectivity index (χ4v) is 2.12. The van der Waals surface area contributed by atoms with Gasteiger partial charge in [-0.1, -0.05) is 24.6 Å². The predicted molar refractivity (Wildman–Crippen MR) is 72.7 cm³/mol. The van der Waals surface area contributed by atoms with Gasteiger partial charge in [-0.05, 0) is 45.2 Å². The Morgan fingerprint density at radius 3 is 2.24 bits per heavy atom. The summed E-state index contributed by atoms with van der Waals surface area (Å²) in [7, 11) is 0. The first-order valence-corrected chi connectivity index (χ1v) is 6.30. The molecule has 17 heavy (non-hydrogen) atoms. The van der Waals surface area contributed by atoms with Crippen molar-refractivity contribution in [2.45, 2.75) is 47.1 Å². The largest absolute Gasteiger partial charge is 0.307 e. The number of rotatable bonds is 5. The summed E-state index contributed by atoms with van der Waals surface area (Å²) < 4.78 is 0. The van der Waals surface area contributed by atoms with Crippen LogP contribution in [0.5, 0.6) is 0 Å². The van der Waals surface area contributed by atoms with Gasteiger partial charge in [-0.3, -0.25) is 4.79 Å². The molecule has 0 aliphatic heterocycles. The third-order valence-electron chi connectivity index (χ3n) is 3.18. The van der Waals surface area contributed by atoms with E-state index in [2.05, 4.69) is 38.2 Å². The van der Waals surface area contributed by atoms with Crippen molar-refractivity contribution in [2.75, 3.05) is 6.54 Å². The Morgan fingerprint density at radius 2 is 1.76 bits per heavy atom. The number of nitrogens with one attached hydrogen (secondary N) is 1. The van der Waals surface area contributed by atoms with E-state index >= 15 is 0 Å². The normalized spacial score (nSPS) is 12.5. The van der Waals surface area contributed by atoms with Gasteiger partial charge in [-0.25, -0.2) is 0 Å². The van der Waals surface area contributed by atoms with Crippen LogP contribution in [-0.2, 0) is 0 Å². The van der Waals surface area contributed by atoms with E-state index in [4.69, 9.17) is 0 Å². The smallest absolute Gasteiger partial charge is 0.177 e. The standard InChI is InChI=1S/C15H23NO/c1-6-13(5)16-9-14(17)15-11(3)7-10(2)8-12(15)4/h7-8,13,16H,6,9H2,1-5H3. The van der Waals surface area contributed by atoms with Crippen LogP contribution in [0.15, 0.2) is 12.1 Å². The second-order valence-electron chi connectivity index (χ2n) is 4.89. The zero-order valence-electron chi connectivity index (χ0n) is 11.6. The van der Waals surface area contributed by atoms with Crippen LogP contribution < -0.4 is 5.32 Å². The van der Waals surface area contributed by atoms with Crippen molar-refractivity contribution in [3.63, 3.8) is 0 Å². The van der Waals surface area contributed by atoms with E-state index in [1.165, 1.54) is 5.56 Å². The molecule has 0 saturated carbocycles. The lowest BCUT2D eigenvalue weighted by molar-refractivity contribution is 0.0986. The topological polar surface area (TPSA) is 29.1 Å². The summed E-state index contributed by atoms with van der Waals surface area (Å²) in [5.74, 6) is 0.195. The molecule has 0 saturated heterocycles. The molecular formula is C15H23NO. The highest BCUT2D eigenvalue weighted by Gasteiger charge is 2.13. The van der Waals surface area contributed by atoms with Crippen LogP contribution in [0.25, 0.3) is 0 Å². The molecule has 0 fully saturated rings. The number of hydrogen-bond acceptors (Lipinski definition) is 2. The minimum atomic E-state index is 0.195. The average Bonchev–Trinajstić information content (AvgIpc) is 2.24. The Kier molecular flexibility index (Phi) is 4.88. The van der Waals surface area contributed by atoms with Crippen molar-refractivity contribution in [1.82, 2.24) is 5.32 Å². The summed E-state index contributed by atoms with van der Waals surface area (Å²) in [4.78, 5) is 12.2. The first-order valence-electron chi connectivity index (χ1n) is 6.30. The molecule has 0 aliphatic rings. The maximum atomic E-state index is 12.2. The minimum Gasteiger partial charge on any atom is -0.307 e. The molecule has 0 heterocycles. The van der Waals surface area contributed by atoms with Gasteiger partial charge < -0.3 is 5.32 Å². The number of carbonyl (C=O) groups excluding carboxylic acids is 1. The lowest BCUT2D eigenvalue weighted by Gasteiger charge is -2.13. The molecule has 0 spiro atoms. The van der Waals surface area contributed by atoms with Crippen molar-refractivity contribution in [1.29, 1.82) is 0 Å². The van der Waals surface area contributed by atoms with E-state index in [0.717, 1.165) is 23.1 Å². The SMILES string of the molecule is CCC(C)NCC(=O)c1c(C)cc(C)cc1C. The van der Waals surface area contributed by atoms with Crippen LogP contribution in [0.2, 0.25) is 0 Å². The highest BCUT2D eigenvalue weighted by atomic mass is 16.1. The highest BCUT2D eigenvalue weighted by Crippen LogP contribution is 2.16. The Balaban J connectivity index is 2.82. The third kappa shape index (κ3) is 3.67. The fourth-order valence-electron chi connectivity index (χ4n) is 2.12. The Bertz CT molecular complexity index is 386. The molecule has 2 nitrogen and oxygen atoms in total. The molecule has 1 aromatic carbocycles. The minimum absolute atomic E-state index is 0.195. The van der Waals surface area contributed by atoms with Gasteiger partial charge in [0, 0.05) is 11.6 Å². The van der Waals surface area contributed by atoms with Crippen LogP contribution in [0.4, 0.5) is 0 Å². The molecule has 0 aliphatic carbocycles. The lowest BCUT2D eigenvalue weighted by Crippen LogP contribution is -2.31. The number of benzene rings is 1. The van der Waals surface area contributed by atoms with Gasteiger partial charge in [0.15, 0.2) is 5.78 Å². The molecule has 0 amide bonds. The molecule has 1 N–H and O–H groups in total. The summed E-state index contributed by atoms with van der Waals surface area (Å²) in [6.45, 7) is 10.7. The van der Waals surface area contributed by atoms with Crippen LogP contribution in [-0.4, -0.2) is 18.4 Å². The zero-order valence-corrected chi connectivity index (χ0v) is 11.6. The van der Waals surface area contributed by atoms with Crippen LogP contribution in [0, 0.1) is 20.8 Å². The fraction of sp³-hybridized carbons (Fsp3) is 0.533. The van der Waals surface area contributed by atoms with E-state index < -0.39 is 0 Å². The van der Waals surface area contributed by atoms with Crippen molar-refractivity contribution in [3.05, 3.63) is 34.4 Å². The maximum Gasteiger partial charge on any atom is 0.177 e. The summed E-state index contributed by atoms with van der Waals surface area (Å²) >= 11 is 0. The van der Waals surface area contributed by atoms with Crippen molar-refractivity contribution < 1.29 is 4.79 Å². The highest BCUT2D eigenvalue weighted by molar-refractivity contribution is 6.00. The van der Waals surface area contributed by atoms with Crippen molar-refractivity contribution in [3.8, 4) is 0 Å². The summed E-state index contributed by atoms with van der Waals surface area (Å²) in [5, 5.41) is 3.25. The van der Waals surface area contributed by atoms with Gasteiger partial charge in [0.1, 0.15) is 0 Å². The zero-order chi connectivity index (χ0) is 13.0. The van der Waals surface area contributed by atoms with Crippen LogP contribution in [0.3, 0.4) is 0 Å². The van der Waals surface area contributed by atoms with Crippen molar-refractivity contribution in [2.24, 2.45) is 0 Å². The average molecular weight is 233 g/mol. The van der Waals surface area contributed by atoms with Gasteiger partial charge in [0.05, 0.1) is 6.54 Å². The quantitative estimate of drug-likeness (QED) is 0.791. The molecule has 0 bridgehead atoms. The summed E-state index contributed by atoms with van der Waals surface area (Å²) in [6.07, 6.45) is 1.04. The van der Waals surface area contributed by atoms with Crippen molar-refractivity contribution >= 4 is 5.78 Å². The number of ketones is 1. The second-order valence-corrected chi connectivity index (χ2v) is 4.89. The van der Waals surface area contributed by atoms with Gasteiger partial charge in [-0.2, -0.15) is 0 Å². The van der Waals surface area contributed by atoms with E-state index in [9.17, 15) is 4.79 Å². The lowest BCUT2D eigenvalue weighted by atomic mass is 9.96. The maximum absolute atomic E-state index is 12.2. The molecule has 1 aromatic rings. The van der Waals surface area contributed by atoms with Gasteiger partial charge in [0.2, 0.25) is 0 Å². The monoisotopic (exact) mass is 233 g/mol. The number of hydrogen-bond donors (Lipinski definition) is 1. The number of Topliss-reactive ketones (excluding diaryl/α,β-unsaturated/α-hetero) is 1. The molecule has 0 aromatic heterocycles. The molecule has 2 heteroatoms. The predicted octanol–water partition coefficient (Wildman–Crippen LogP) is 3.18. The first-order chi connectivity index (χ1) is 7.95. The second kappa shape index (κ2) is 5.97. The van der Waals surface area contributed by atoms with Gasteiger partial charge in [-0.15, -0.1) is 0 Å². The molecule has 1 atom stereocenters. The van der Waals surface area contributed by atoms with E-state index in [0.29, 0.717) is 12.6 Å². The molecule has 1 unspecified atom stereocenters. The Morgan fingerprint density at radius 1 is 1.24 bits per heavy atom. The van der Waals surface area contributed by atoms with E-state index in [1.54, 1.807) is 0 Å². The Hall–Kier alpha value is -1.15. The Labute approximate surface area is 104 Å². The number of carbonyl (C=O) groups is 1. The first kappa shape index (κ1) is 13.9. The van der Waals surface area contributed by atoms with E-state index in [-0.39, 0.29) is 5.78 Å². The van der Waals surface area contributed by atoms with Gasteiger partial charge >= 0.3 is 0 Å². The van der Waals surface area contributed by atoms with Gasteiger partial charge in [0.25, 0.3) is 0 Å². The summed E-state index contributed by atoms with van der Waals surface area (Å²) in [5.41, 5.74) is 4.26. The molecule has 94 valence electrons. The summed E-state index contributed by atoms with van der Waals surface area (Å²) in [6, 6.07) is 4.54. The van der Waals surface area contributed by atoms with E-state index in [1.807, 2.05) is 13.8 Å². The molecule has 0 radical (unpaired) electrons.